The van der Waals surface area contributed by atoms with E-state index in [0.717, 1.165) is 5.56 Å². The maximum atomic E-state index is 12.4. The lowest BCUT2D eigenvalue weighted by molar-refractivity contribution is -0.124. The minimum atomic E-state index is -0.569. The predicted octanol–water partition coefficient (Wildman–Crippen LogP) is 3.47. The summed E-state index contributed by atoms with van der Waals surface area (Å²) in [6.07, 6.45) is 0.917. The molecule has 1 saturated heterocycles. The molecule has 1 heterocycles. The summed E-state index contributed by atoms with van der Waals surface area (Å²) in [4.78, 5) is 24.2. The van der Waals surface area contributed by atoms with E-state index < -0.39 is 12.1 Å². The first-order valence-electron chi connectivity index (χ1n) is 10.0. The summed E-state index contributed by atoms with van der Waals surface area (Å²) in [5.74, 6) is 0.0393. The van der Waals surface area contributed by atoms with E-state index >= 15 is 0 Å². The molecule has 162 valence electrons. The highest BCUT2D eigenvalue weighted by Crippen LogP contribution is 2.29. The Morgan fingerprint density at radius 1 is 1.19 bits per heavy atom. The van der Waals surface area contributed by atoms with Gasteiger partial charge in [0.25, 0.3) is 5.91 Å². The topological polar surface area (TPSA) is 98.6 Å². The van der Waals surface area contributed by atoms with Crippen LogP contribution in [0.5, 0.6) is 11.5 Å². The van der Waals surface area contributed by atoms with Crippen LogP contribution in [0.4, 0.5) is 0 Å². The molecule has 3 rings (SSSR count). The van der Waals surface area contributed by atoms with Crippen molar-refractivity contribution in [3.63, 3.8) is 0 Å². The number of carbonyl (C=O) groups excluding carboxylic acids is 2. The number of carbonyl (C=O) groups is 2. The van der Waals surface area contributed by atoms with Gasteiger partial charge in [-0.3, -0.25) is 10.1 Å². The number of benzene rings is 2. The van der Waals surface area contributed by atoms with Gasteiger partial charge in [-0.05, 0) is 55.7 Å². The molecule has 1 fully saturated rings. The molecule has 8 heteroatoms. The number of rotatable bonds is 7. The second kappa shape index (κ2) is 9.88. The number of amidine groups is 1. The second-order valence-corrected chi connectivity index (χ2v) is 7.32. The van der Waals surface area contributed by atoms with Crippen molar-refractivity contribution in [1.82, 2.24) is 5.32 Å². The lowest BCUT2D eigenvalue weighted by Crippen LogP contribution is -2.28. The number of hydrogen-bond acceptors (Lipinski definition) is 7. The van der Waals surface area contributed by atoms with Crippen molar-refractivity contribution in [2.75, 3.05) is 6.61 Å². The molecule has 1 N–H and O–H groups in total. The molecule has 0 saturated carbocycles. The van der Waals surface area contributed by atoms with Crippen LogP contribution in [-0.4, -0.2) is 36.8 Å². The fraction of sp³-hybridized carbons (Fsp3) is 0.304. The van der Waals surface area contributed by atoms with E-state index in [9.17, 15) is 9.59 Å². The molecular weight excluding hydrogens is 398 g/mol. The summed E-state index contributed by atoms with van der Waals surface area (Å²) in [6, 6.07) is 12.2. The Kier molecular flexibility index (Phi) is 7.02. The van der Waals surface area contributed by atoms with E-state index in [1.807, 2.05) is 39.8 Å². The third-order valence-electron chi connectivity index (χ3n) is 4.45. The lowest BCUT2D eigenvalue weighted by atomic mass is 10.1. The zero-order valence-electron chi connectivity index (χ0n) is 17.9. The van der Waals surface area contributed by atoms with Gasteiger partial charge in [-0.25, -0.2) is 4.79 Å². The smallest absolute Gasteiger partial charge is 0.343 e. The number of ether oxygens (including phenoxy) is 3. The highest BCUT2D eigenvalue weighted by atomic mass is 16.6. The number of hydrogen-bond donors (Lipinski definition) is 1. The van der Waals surface area contributed by atoms with Crippen LogP contribution in [0.2, 0.25) is 0 Å². The van der Waals surface area contributed by atoms with Crippen LogP contribution in [0, 0.1) is 12.8 Å². The van der Waals surface area contributed by atoms with Crippen molar-refractivity contribution in [2.24, 2.45) is 16.1 Å². The summed E-state index contributed by atoms with van der Waals surface area (Å²) in [5.41, 5.74) is 2.18. The Hall–Kier alpha value is -3.68. The fourth-order valence-corrected chi connectivity index (χ4v) is 2.82. The van der Waals surface area contributed by atoms with E-state index in [2.05, 4.69) is 15.5 Å². The van der Waals surface area contributed by atoms with Crippen LogP contribution in [0.25, 0.3) is 0 Å². The molecule has 2 aromatic rings. The Labute approximate surface area is 180 Å². The number of aryl methyl sites for hydroxylation is 1. The van der Waals surface area contributed by atoms with Gasteiger partial charge in [-0.1, -0.05) is 36.6 Å². The Morgan fingerprint density at radius 2 is 1.94 bits per heavy atom. The third-order valence-corrected chi connectivity index (χ3v) is 4.45. The van der Waals surface area contributed by atoms with Gasteiger partial charge in [-0.2, -0.15) is 5.10 Å². The highest BCUT2D eigenvalue weighted by Gasteiger charge is 2.33. The van der Waals surface area contributed by atoms with Gasteiger partial charge in [0.15, 0.2) is 17.6 Å². The van der Waals surface area contributed by atoms with Crippen molar-refractivity contribution in [2.45, 2.75) is 33.8 Å². The maximum absolute atomic E-state index is 12.4. The Balaban J connectivity index is 1.72. The van der Waals surface area contributed by atoms with Gasteiger partial charge < -0.3 is 14.2 Å². The van der Waals surface area contributed by atoms with Crippen LogP contribution < -0.4 is 14.8 Å². The molecule has 0 unspecified atom stereocenters. The molecule has 1 aliphatic heterocycles. The van der Waals surface area contributed by atoms with Gasteiger partial charge in [0.05, 0.1) is 18.4 Å². The van der Waals surface area contributed by atoms with Gasteiger partial charge in [-0.15, -0.1) is 0 Å². The quantitative estimate of drug-likeness (QED) is 0.318. The van der Waals surface area contributed by atoms with E-state index in [1.54, 1.807) is 30.3 Å². The standard InChI is InChI=1S/C23H25N3O5/c1-5-29-19-12-16(13-24-26-23-25-21(27)20(31-23)14(2)3)8-11-18(19)30-22(28)17-9-6-15(4)7-10-17/h6-14,20H,5H2,1-4H3,(H,25,26,27)/b24-13-/t20-/m1/s1. The summed E-state index contributed by atoms with van der Waals surface area (Å²) in [6.45, 7) is 7.96. The largest absolute Gasteiger partial charge is 0.490 e. The van der Waals surface area contributed by atoms with Crippen molar-refractivity contribution < 1.29 is 23.8 Å². The zero-order valence-corrected chi connectivity index (χ0v) is 17.9. The lowest BCUT2D eigenvalue weighted by Gasteiger charge is -2.11. The molecule has 0 aromatic heterocycles. The monoisotopic (exact) mass is 423 g/mol. The first-order chi connectivity index (χ1) is 14.9. The minimum absolute atomic E-state index is 0.0283. The summed E-state index contributed by atoms with van der Waals surface area (Å²) >= 11 is 0. The molecule has 31 heavy (non-hydrogen) atoms. The van der Waals surface area contributed by atoms with E-state index in [-0.39, 0.29) is 17.8 Å². The van der Waals surface area contributed by atoms with Crippen molar-refractivity contribution in [3.05, 3.63) is 59.2 Å². The van der Waals surface area contributed by atoms with Gasteiger partial charge in [0.2, 0.25) is 0 Å². The predicted molar refractivity (Wildman–Crippen MR) is 117 cm³/mol. The first-order valence-corrected chi connectivity index (χ1v) is 10.0. The van der Waals surface area contributed by atoms with Crippen LogP contribution in [0.15, 0.2) is 52.7 Å². The minimum Gasteiger partial charge on any atom is -0.490 e. The van der Waals surface area contributed by atoms with Gasteiger partial charge >= 0.3 is 12.0 Å². The van der Waals surface area contributed by atoms with Crippen LogP contribution >= 0.6 is 0 Å². The summed E-state index contributed by atoms with van der Waals surface area (Å²) in [5, 5.41) is 10.4. The third kappa shape index (κ3) is 5.69. The van der Waals surface area contributed by atoms with Crippen LogP contribution in [0.3, 0.4) is 0 Å². The molecule has 1 aliphatic rings. The van der Waals surface area contributed by atoms with E-state index in [4.69, 9.17) is 14.2 Å². The molecule has 8 nitrogen and oxygen atoms in total. The average Bonchev–Trinajstić information content (AvgIpc) is 3.11. The molecule has 0 spiro atoms. The summed E-state index contributed by atoms with van der Waals surface area (Å²) < 4.78 is 16.6. The molecular formula is C23H25N3O5. The Bertz CT molecular complexity index is 1010. The van der Waals surface area contributed by atoms with Gasteiger partial charge in [0.1, 0.15) is 0 Å². The van der Waals surface area contributed by atoms with Crippen molar-refractivity contribution in [1.29, 1.82) is 0 Å². The first kappa shape index (κ1) is 22.0. The maximum Gasteiger partial charge on any atom is 0.343 e. The number of nitrogens with one attached hydrogen (secondary N) is 1. The summed E-state index contributed by atoms with van der Waals surface area (Å²) in [7, 11) is 0. The average molecular weight is 423 g/mol. The van der Waals surface area contributed by atoms with Crippen molar-refractivity contribution in [3.8, 4) is 11.5 Å². The fourth-order valence-electron chi connectivity index (χ4n) is 2.82. The number of esters is 1. The number of amides is 1. The van der Waals surface area contributed by atoms with Crippen molar-refractivity contribution >= 4 is 24.1 Å². The molecule has 1 atom stereocenters. The van der Waals surface area contributed by atoms with Crippen LogP contribution in [-0.2, 0) is 9.53 Å². The van der Waals surface area contributed by atoms with Crippen LogP contribution in [0.1, 0.15) is 42.3 Å². The Morgan fingerprint density at radius 3 is 2.58 bits per heavy atom. The zero-order chi connectivity index (χ0) is 22.4. The molecule has 0 bridgehead atoms. The molecule has 1 amide bonds. The van der Waals surface area contributed by atoms with Gasteiger partial charge in [0, 0.05) is 0 Å². The molecule has 0 radical (unpaired) electrons. The number of nitrogens with zero attached hydrogens (tertiary/aromatic N) is 2. The molecule has 0 aliphatic carbocycles. The SMILES string of the molecule is CCOc1cc(/C=N\N=C2NC(=O)[C@@H](C(C)C)O2)ccc1OC(=O)c1ccc(C)cc1. The normalized spacial score (nSPS) is 17.1. The highest BCUT2D eigenvalue weighted by molar-refractivity contribution is 6.02. The van der Waals surface area contributed by atoms with E-state index in [0.29, 0.717) is 29.2 Å². The van der Waals surface area contributed by atoms with E-state index in [1.165, 1.54) is 6.21 Å². The molecule has 2 aromatic carbocycles. The second-order valence-electron chi connectivity index (χ2n) is 7.32.